The second kappa shape index (κ2) is 5.76. The maximum Gasteiger partial charge on any atom is 0.322 e. The van der Waals surface area contributed by atoms with Gasteiger partial charge in [-0.15, -0.1) is 0 Å². The van der Waals surface area contributed by atoms with Gasteiger partial charge >= 0.3 is 12.0 Å². The standard InChI is InChI=1S/C16H22N2O3/c1-11-6-7-13-12(9-11)5-4-8-18(13)15(21)17-16(2,3)10-14(19)20/h6-7,9H,4-5,8,10H2,1-3H3,(H,17,21)(H,19,20). The minimum atomic E-state index is -0.921. The second-order valence-corrected chi connectivity index (χ2v) is 6.27. The van der Waals surface area contributed by atoms with Crippen molar-refractivity contribution in [3.8, 4) is 0 Å². The monoisotopic (exact) mass is 290 g/mol. The normalized spacial score (nSPS) is 14.5. The van der Waals surface area contributed by atoms with Crippen molar-refractivity contribution in [1.82, 2.24) is 5.32 Å². The quantitative estimate of drug-likeness (QED) is 0.899. The molecular formula is C16H22N2O3. The van der Waals surface area contributed by atoms with E-state index < -0.39 is 11.5 Å². The van der Waals surface area contributed by atoms with Crippen molar-refractivity contribution in [3.05, 3.63) is 29.3 Å². The highest BCUT2D eigenvalue weighted by molar-refractivity contribution is 5.94. The lowest BCUT2D eigenvalue weighted by atomic mass is 9.99. The Hall–Kier alpha value is -2.04. The van der Waals surface area contributed by atoms with E-state index in [2.05, 4.69) is 11.4 Å². The Bertz CT molecular complexity index is 567. The van der Waals surface area contributed by atoms with Crippen molar-refractivity contribution >= 4 is 17.7 Å². The first-order valence-corrected chi connectivity index (χ1v) is 7.19. The maximum atomic E-state index is 12.5. The fourth-order valence-electron chi connectivity index (χ4n) is 2.72. The van der Waals surface area contributed by atoms with Crippen LogP contribution in [0.4, 0.5) is 10.5 Å². The first-order valence-electron chi connectivity index (χ1n) is 7.19. The van der Waals surface area contributed by atoms with Gasteiger partial charge in [0.15, 0.2) is 0 Å². The van der Waals surface area contributed by atoms with Crippen LogP contribution in [0.1, 0.15) is 37.8 Å². The Kier molecular flexibility index (Phi) is 4.21. The summed E-state index contributed by atoms with van der Waals surface area (Å²) >= 11 is 0. The molecule has 1 aromatic carbocycles. The summed E-state index contributed by atoms with van der Waals surface area (Å²) in [5, 5.41) is 11.7. The van der Waals surface area contributed by atoms with E-state index in [1.165, 1.54) is 11.1 Å². The van der Waals surface area contributed by atoms with E-state index in [1.807, 2.05) is 19.1 Å². The number of fused-ring (bicyclic) bond motifs is 1. The molecule has 0 spiro atoms. The number of nitrogens with zero attached hydrogens (tertiary/aromatic N) is 1. The molecule has 1 heterocycles. The largest absolute Gasteiger partial charge is 0.481 e. The maximum absolute atomic E-state index is 12.5. The third-order valence-electron chi connectivity index (χ3n) is 3.64. The van der Waals surface area contributed by atoms with E-state index >= 15 is 0 Å². The van der Waals surface area contributed by atoms with Crippen LogP contribution < -0.4 is 10.2 Å². The Morgan fingerprint density at radius 3 is 2.76 bits per heavy atom. The molecular weight excluding hydrogens is 268 g/mol. The molecule has 0 aromatic heterocycles. The van der Waals surface area contributed by atoms with E-state index in [4.69, 9.17) is 5.11 Å². The summed E-state index contributed by atoms with van der Waals surface area (Å²) < 4.78 is 0. The fourth-order valence-corrected chi connectivity index (χ4v) is 2.72. The molecule has 1 aromatic rings. The van der Waals surface area contributed by atoms with Gasteiger partial charge in [-0.3, -0.25) is 9.69 Å². The number of urea groups is 1. The van der Waals surface area contributed by atoms with Gasteiger partial charge in [0.2, 0.25) is 0 Å². The lowest BCUT2D eigenvalue weighted by molar-refractivity contribution is -0.138. The SMILES string of the molecule is Cc1ccc2c(c1)CCCN2C(=O)NC(C)(C)CC(=O)O. The molecule has 2 N–H and O–H groups in total. The number of aryl methyl sites for hydroxylation is 2. The van der Waals surface area contributed by atoms with Crippen molar-refractivity contribution in [2.24, 2.45) is 0 Å². The number of aliphatic carboxylic acids is 1. The van der Waals surface area contributed by atoms with Gasteiger partial charge in [-0.2, -0.15) is 0 Å². The number of carboxylic acids is 1. The van der Waals surface area contributed by atoms with Gasteiger partial charge < -0.3 is 10.4 Å². The van der Waals surface area contributed by atoms with Gasteiger partial charge in [-0.25, -0.2) is 4.79 Å². The number of nitrogens with one attached hydrogen (secondary N) is 1. The van der Waals surface area contributed by atoms with E-state index in [9.17, 15) is 9.59 Å². The first-order chi connectivity index (χ1) is 9.78. The molecule has 1 aliphatic heterocycles. The number of carboxylic acid groups (broad SMARTS) is 1. The van der Waals surface area contributed by atoms with Gasteiger partial charge in [-0.05, 0) is 45.2 Å². The van der Waals surface area contributed by atoms with Crippen LogP contribution in [0.15, 0.2) is 18.2 Å². The molecule has 21 heavy (non-hydrogen) atoms. The van der Waals surface area contributed by atoms with Gasteiger partial charge in [-0.1, -0.05) is 17.7 Å². The lowest BCUT2D eigenvalue weighted by Crippen LogP contribution is -2.52. The predicted molar refractivity (Wildman–Crippen MR) is 81.7 cm³/mol. The number of benzene rings is 1. The van der Waals surface area contributed by atoms with Crippen LogP contribution >= 0.6 is 0 Å². The van der Waals surface area contributed by atoms with E-state index in [-0.39, 0.29) is 12.5 Å². The number of carbonyl (C=O) groups excluding carboxylic acids is 1. The number of amides is 2. The summed E-state index contributed by atoms with van der Waals surface area (Å²) in [6.07, 6.45) is 1.79. The van der Waals surface area contributed by atoms with Crippen LogP contribution in [0.3, 0.4) is 0 Å². The second-order valence-electron chi connectivity index (χ2n) is 6.27. The van der Waals surface area contributed by atoms with Gasteiger partial charge in [0.1, 0.15) is 0 Å². The van der Waals surface area contributed by atoms with Crippen LogP contribution in [-0.2, 0) is 11.2 Å². The number of hydrogen-bond donors (Lipinski definition) is 2. The summed E-state index contributed by atoms with van der Waals surface area (Å²) in [7, 11) is 0. The zero-order valence-corrected chi connectivity index (χ0v) is 12.8. The summed E-state index contributed by atoms with van der Waals surface area (Å²) in [6.45, 7) is 6.14. The number of carbonyl (C=O) groups is 2. The molecule has 0 fully saturated rings. The van der Waals surface area contributed by atoms with Gasteiger partial charge in [0.25, 0.3) is 0 Å². The number of anilines is 1. The Morgan fingerprint density at radius 1 is 1.38 bits per heavy atom. The molecule has 1 aliphatic rings. The van der Waals surface area contributed by atoms with Crippen molar-refractivity contribution in [1.29, 1.82) is 0 Å². The average molecular weight is 290 g/mol. The Balaban J connectivity index is 2.16. The highest BCUT2D eigenvalue weighted by atomic mass is 16.4. The molecule has 0 saturated carbocycles. The summed E-state index contributed by atoms with van der Waals surface area (Å²) in [5.41, 5.74) is 2.51. The van der Waals surface area contributed by atoms with Crippen molar-refractivity contribution in [2.45, 2.75) is 45.6 Å². The van der Waals surface area contributed by atoms with Gasteiger partial charge in [0, 0.05) is 17.8 Å². The van der Waals surface area contributed by atoms with Crippen LogP contribution in [0.5, 0.6) is 0 Å². The molecule has 0 aliphatic carbocycles. The summed E-state index contributed by atoms with van der Waals surface area (Å²) in [5.74, 6) is -0.921. The van der Waals surface area contributed by atoms with E-state index in [0.717, 1.165) is 18.5 Å². The van der Waals surface area contributed by atoms with Crippen LogP contribution in [0, 0.1) is 6.92 Å². The zero-order chi connectivity index (χ0) is 15.6. The molecule has 2 amide bonds. The summed E-state index contributed by atoms with van der Waals surface area (Å²) in [4.78, 5) is 25.0. The molecule has 5 heteroatoms. The average Bonchev–Trinajstić information content (AvgIpc) is 2.35. The molecule has 2 rings (SSSR count). The molecule has 0 saturated heterocycles. The highest BCUT2D eigenvalue weighted by Crippen LogP contribution is 2.28. The highest BCUT2D eigenvalue weighted by Gasteiger charge is 2.29. The third-order valence-corrected chi connectivity index (χ3v) is 3.64. The minimum Gasteiger partial charge on any atom is -0.481 e. The van der Waals surface area contributed by atoms with E-state index in [0.29, 0.717) is 6.54 Å². The Labute approximate surface area is 125 Å². The Morgan fingerprint density at radius 2 is 2.10 bits per heavy atom. The van der Waals surface area contributed by atoms with E-state index in [1.54, 1.807) is 18.7 Å². The molecule has 0 unspecified atom stereocenters. The third kappa shape index (κ3) is 3.74. The minimum absolute atomic E-state index is 0.104. The smallest absolute Gasteiger partial charge is 0.322 e. The van der Waals surface area contributed by atoms with Crippen molar-refractivity contribution in [3.63, 3.8) is 0 Å². The van der Waals surface area contributed by atoms with Gasteiger partial charge in [0.05, 0.1) is 6.42 Å². The van der Waals surface area contributed by atoms with Crippen LogP contribution in [0.2, 0.25) is 0 Å². The fraction of sp³-hybridized carbons (Fsp3) is 0.500. The molecule has 0 radical (unpaired) electrons. The molecule has 5 nitrogen and oxygen atoms in total. The molecule has 0 atom stereocenters. The molecule has 0 bridgehead atoms. The van der Waals surface area contributed by atoms with Crippen molar-refractivity contribution < 1.29 is 14.7 Å². The first kappa shape index (κ1) is 15.4. The lowest BCUT2D eigenvalue weighted by Gasteiger charge is -2.33. The predicted octanol–water partition coefficient (Wildman–Crippen LogP) is 2.71. The van der Waals surface area contributed by atoms with Crippen LogP contribution in [-0.4, -0.2) is 29.2 Å². The van der Waals surface area contributed by atoms with Crippen LogP contribution in [0.25, 0.3) is 0 Å². The summed E-state index contributed by atoms with van der Waals surface area (Å²) in [6, 6.07) is 5.84. The number of hydrogen-bond acceptors (Lipinski definition) is 2. The zero-order valence-electron chi connectivity index (χ0n) is 12.8. The topological polar surface area (TPSA) is 69.6 Å². The van der Waals surface area contributed by atoms with Crippen molar-refractivity contribution in [2.75, 3.05) is 11.4 Å². The molecule has 114 valence electrons. The number of rotatable bonds is 3.